The van der Waals surface area contributed by atoms with Gasteiger partial charge in [-0.15, -0.1) is 0 Å². The van der Waals surface area contributed by atoms with E-state index in [4.69, 9.17) is 22.3 Å². The molecule has 0 spiro atoms. The highest BCUT2D eigenvalue weighted by atomic mass is 16.6. The first-order chi connectivity index (χ1) is 13.3. The third-order valence-electron chi connectivity index (χ3n) is 4.18. The molecular weight excluding hydrogens is 364 g/mol. The molecule has 0 aromatic heterocycles. The highest BCUT2D eigenvalue weighted by molar-refractivity contribution is 5.75. The summed E-state index contributed by atoms with van der Waals surface area (Å²) in [6, 6.07) is 5.23. The molecular formula is C19H32N4O5. The Morgan fingerprint density at radius 3 is 2.14 bits per heavy atom. The average molecular weight is 396 g/mol. The molecule has 1 atom stereocenters. The number of hydrogen-bond acceptors (Lipinski definition) is 7. The van der Waals surface area contributed by atoms with E-state index < -0.39 is 16.9 Å². The van der Waals surface area contributed by atoms with Crippen molar-refractivity contribution in [1.82, 2.24) is 0 Å². The van der Waals surface area contributed by atoms with E-state index in [1.807, 2.05) is 0 Å². The molecule has 0 radical (unpaired) electrons. The number of nitrogens with zero attached hydrogens (tertiary/aromatic N) is 1. The number of nitro groups is 1. The van der Waals surface area contributed by atoms with Gasteiger partial charge < -0.3 is 22.3 Å². The summed E-state index contributed by atoms with van der Waals surface area (Å²) in [4.78, 5) is 29.9. The second-order valence-corrected chi connectivity index (χ2v) is 6.59. The van der Waals surface area contributed by atoms with Crippen LogP contribution >= 0.6 is 0 Å². The minimum Gasteiger partial charge on any atom is -0.480 e. The molecule has 1 fully saturated rings. The molecule has 1 aromatic carbocycles. The summed E-state index contributed by atoms with van der Waals surface area (Å²) in [5, 5.41) is 18.4. The van der Waals surface area contributed by atoms with Crippen LogP contribution in [0.3, 0.4) is 0 Å². The van der Waals surface area contributed by atoms with Gasteiger partial charge in [0.2, 0.25) is 0 Å². The summed E-state index contributed by atoms with van der Waals surface area (Å²) >= 11 is 0. The van der Waals surface area contributed by atoms with E-state index in [1.54, 1.807) is 0 Å². The molecule has 28 heavy (non-hydrogen) atoms. The van der Waals surface area contributed by atoms with Crippen LogP contribution in [0.2, 0.25) is 0 Å². The number of hydrogen-bond donors (Lipinski definition) is 4. The van der Waals surface area contributed by atoms with E-state index in [0.29, 0.717) is 30.9 Å². The molecule has 1 aliphatic rings. The van der Waals surface area contributed by atoms with E-state index in [-0.39, 0.29) is 5.69 Å². The van der Waals surface area contributed by atoms with Gasteiger partial charge in [-0.3, -0.25) is 19.7 Å². The first-order valence-corrected chi connectivity index (χ1v) is 9.45. The van der Waals surface area contributed by atoms with Crippen molar-refractivity contribution in [3.05, 3.63) is 39.9 Å². The minimum atomic E-state index is -0.933. The highest BCUT2D eigenvalue weighted by Crippen LogP contribution is 2.14. The molecule has 0 amide bonds. The molecule has 1 aromatic rings. The molecule has 0 bridgehead atoms. The van der Waals surface area contributed by atoms with Crippen LogP contribution in [-0.4, -0.2) is 40.9 Å². The first kappa shape index (κ1) is 25.6. The van der Waals surface area contributed by atoms with Gasteiger partial charge in [0.15, 0.2) is 0 Å². The van der Waals surface area contributed by atoms with Crippen molar-refractivity contribution in [3.8, 4) is 0 Å². The zero-order valence-corrected chi connectivity index (χ0v) is 16.2. The van der Waals surface area contributed by atoms with E-state index in [2.05, 4.69) is 0 Å². The number of non-ortho nitro benzene ring substituents is 1. The van der Waals surface area contributed by atoms with Gasteiger partial charge in [0, 0.05) is 23.7 Å². The Bertz CT molecular complexity index is 574. The van der Waals surface area contributed by atoms with E-state index in [1.165, 1.54) is 56.4 Å². The smallest absolute Gasteiger partial charge is 0.320 e. The zero-order valence-electron chi connectivity index (χ0n) is 16.2. The fraction of sp³-hybridized carbons (Fsp3) is 0.579. The third kappa shape index (κ3) is 12.9. The Kier molecular flexibility index (Phi) is 14.4. The lowest BCUT2D eigenvalue weighted by Crippen LogP contribution is -2.29. The van der Waals surface area contributed by atoms with Gasteiger partial charge >= 0.3 is 5.97 Å². The predicted octanol–water partition coefficient (Wildman–Crippen LogP) is 2.21. The topological polar surface area (TPSA) is 176 Å². The van der Waals surface area contributed by atoms with Gasteiger partial charge in [-0.05, 0) is 44.4 Å². The van der Waals surface area contributed by atoms with Crippen LogP contribution < -0.4 is 17.2 Å². The second-order valence-electron chi connectivity index (χ2n) is 6.59. The number of carboxylic acids is 1. The van der Waals surface area contributed by atoms with E-state index in [9.17, 15) is 19.7 Å². The van der Waals surface area contributed by atoms with Gasteiger partial charge in [-0.25, -0.2) is 0 Å². The lowest BCUT2D eigenvalue weighted by atomic mass is 9.97. The molecule has 0 heterocycles. The Morgan fingerprint density at radius 2 is 1.79 bits per heavy atom. The maximum Gasteiger partial charge on any atom is 0.320 e. The predicted molar refractivity (Wildman–Crippen MR) is 108 cm³/mol. The third-order valence-corrected chi connectivity index (χ3v) is 4.18. The van der Waals surface area contributed by atoms with Crippen LogP contribution in [0, 0.1) is 10.1 Å². The number of aldehydes is 1. The SMILES string of the molecule is NC1CCCCC1.NCCCC[C@H](N)C(=O)O.O=Cc1ccc([N+](=O)[O-])cc1. The monoisotopic (exact) mass is 396 g/mol. The van der Waals surface area contributed by atoms with Crippen molar-refractivity contribution in [2.24, 2.45) is 17.2 Å². The maximum atomic E-state index is 10.1. The summed E-state index contributed by atoms with van der Waals surface area (Å²) in [6.07, 6.45) is 9.47. The van der Waals surface area contributed by atoms with Crippen LogP contribution in [0.5, 0.6) is 0 Å². The van der Waals surface area contributed by atoms with Crippen molar-refractivity contribution in [3.63, 3.8) is 0 Å². The molecule has 0 saturated heterocycles. The number of nitrogens with two attached hydrogens (primary N) is 3. The summed E-state index contributed by atoms with van der Waals surface area (Å²) in [5.41, 5.74) is 16.5. The van der Waals surface area contributed by atoms with Gasteiger partial charge in [0.05, 0.1) is 4.92 Å². The Labute approximate surface area is 165 Å². The van der Waals surface area contributed by atoms with Crippen LogP contribution in [0.15, 0.2) is 24.3 Å². The summed E-state index contributed by atoms with van der Waals surface area (Å²) in [6.45, 7) is 0.604. The number of benzene rings is 1. The molecule has 0 aliphatic heterocycles. The van der Waals surface area contributed by atoms with Crippen molar-refractivity contribution in [1.29, 1.82) is 0 Å². The Hall–Kier alpha value is -2.36. The van der Waals surface area contributed by atoms with E-state index in [0.717, 1.165) is 12.8 Å². The number of unbranched alkanes of at least 4 members (excludes halogenated alkanes) is 1. The highest BCUT2D eigenvalue weighted by Gasteiger charge is 2.09. The van der Waals surface area contributed by atoms with Crippen LogP contribution in [0.4, 0.5) is 5.69 Å². The molecule has 158 valence electrons. The standard InChI is InChI=1S/C7H5NO3.C6H14N2O2.C6H13N/c9-5-6-1-3-7(4-2-6)8(10)11;7-4-2-1-3-5(8)6(9)10;7-6-4-2-1-3-5-6/h1-5H;5H,1-4,7-8H2,(H,9,10);6H,1-5,7H2/t;5-;/m.0./s1. The van der Waals surface area contributed by atoms with Crippen molar-refractivity contribution >= 4 is 17.9 Å². The summed E-state index contributed by atoms with van der Waals surface area (Å²) < 4.78 is 0. The average Bonchev–Trinajstić information content (AvgIpc) is 2.69. The lowest BCUT2D eigenvalue weighted by molar-refractivity contribution is -0.384. The number of carbonyl (C=O) groups excluding carboxylic acids is 1. The minimum absolute atomic E-state index is 0.00407. The van der Waals surface area contributed by atoms with Crippen molar-refractivity contribution < 1.29 is 19.6 Å². The molecule has 9 heteroatoms. The van der Waals surface area contributed by atoms with Crippen LogP contribution in [0.25, 0.3) is 0 Å². The molecule has 1 aliphatic carbocycles. The fourth-order valence-corrected chi connectivity index (χ4v) is 2.44. The van der Waals surface area contributed by atoms with E-state index >= 15 is 0 Å². The number of aliphatic carboxylic acids is 1. The van der Waals surface area contributed by atoms with Gasteiger partial charge in [0.1, 0.15) is 12.3 Å². The Morgan fingerprint density at radius 1 is 1.21 bits per heavy atom. The largest absolute Gasteiger partial charge is 0.480 e. The quantitative estimate of drug-likeness (QED) is 0.234. The lowest BCUT2D eigenvalue weighted by Gasteiger charge is -2.15. The van der Waals surface area contributed by atoms with Crippen molar-refractivity contribution in [2.75, 3.05) is 6.54 Å². The molecule has 7 N–H and O–H groups in total. The Balaban J connectivity index is 0.000000400. The first-order valence-electron chi connectivity index (χ1n) is 9.45. The molecule has 9 nitrogen and oxygen atoms in total. The number of rotatable bonds is 7. The second kappa shape index (κ2) is 15.7. The molecule has 0 unspecified atom stereocenters. The summed E-state index contributed by atoms with van der Waals surface area (Å²) in [7, 11) is 0. The maximum absolute atomic E-state index is 10.1. The normalized spacial score (nSPS) is 14.5. The van der Waals surface area contributed by atoms with Gasteiger partial charge in [-0.1, -0.05) is 25.7 Å². The zero-order chi connectivity index (χ0) is 21.4. The fourth-order valence-electron chi connectivity index (χ4n) is 2.44. The summed E-state index contributed by atoms with van der Waals surface area (Å²) in [5.74, 6) is -0.933. The van der Waals surface area contributed by atoms with Crippen molar-refractivity contribution in [2.45, 2.75) is 63.5 Å². The number of carboxylic acid groups (broad SMARTS) is 1. The number of nitro benzene ring substituents is 1. The molecule has 1 saturated carbocycles. The van der Waals surface area contributed by atoms with Gasteiger partial charge in [0.25, 0.3) is 5.69 Å². The van der Waals surface area contributed by atoms with Crippen LogP contribution in [0.1, 0.15) is 61.7 Å². The van der Waals surface area contributed by atoms with Gasteiger partial charge in [-0.2, -0.15) is 0 Å². The molecule has 2 rings (SSSR count). The number of carbonyl (C=O) groups is 2. The van der Waals surface area contributed by atoms with Crippen LogP contribution in [-0.2, 0) is 4.79 Å².